The van der Waals surface area contributed by atoms with Gasteiger partial charge in [-0.3, -0.25) is 0 Å². The van der Waals surface area contributed by atoms with Gasteiger partial charge in [-0.1, -0.05) is 34.8 Å². The van der Waals surface area contributed by atoms with Crippen LogP contribution < -0.4 is 0 Å². The first kappa shape index (κ1) is 13.2. The van der Waals surface area contributed by atoms with Gasteiger partial charge in [0.25, 0.3) is 0 Å². The molecule has 0 amide bonds. The fraction of sp³-hybridized carbons (Fsp3) is 1.00. The van der Waals surface area contributed by atoms with Crippen molar-refractivity contribution < 1.29 is 17.6 Å². The highest BCUT2D eigenvalue weighted by molar-refractivity contribution is 6.44. The van der Waals surface area contributed by atoms with E-state index in [-0.39, 0.29) is 0 Å². The van der Waals surface area contributed by atoms with Crippen LogP contribution in [0.25, 0.3) is 0 Å². The van der Waals surface area contributed by atoms with Crippen LogP contribution in [-0.2, 0) is 0 Å². The number of rotatable bonds is 0. The highest BCUT2D eigenvalue weighted by atomic mass is 35.5. The van der Waals surface area contributed by atoms with Crippen molar-refractivity contribution >= 4 is 34.8 Å². The average Bonchev–Trinajstić information content (AvgIpc) is 1.64. The minimum absolute atomic E-state index is 0.778. The van der Waals surface area contributed by atoms with Crippen molar-refractivity contribution in [3.05, 3.63) is 0 Å². The lowest BCUT2D eigenvalue weighted by atomic mass is 10.8. The minimum atomic E-state index is -4.47. The van der Waals surface area contributed by atoms with Gasteiger partial charge in [0.05, 0.1) is 0 Å². The molecule has 0 heterocycles. The van der Waals surface area contributed by atoms with Gasteiger partial charge in [-0.2, -0.15) is 13.2 Å². The maximum absolute atomic E-state index is 10.9. The van der Waals surface area contributed by atoms with Crippen LogP contribution in [0.3, 0.4) is 0 Å². The topological polar surface area (TPSA) is 0 Å². The molecule has 0 saturated carbocycles. The molecule has 0 aliphatic heterocycles. The smallest absolute Gasteiger partial charge is 0.234 e. The zero-order chi connectivity index (χ0) is 8.78. The van der Waals surface area contributed by atoms with Gasteiger partial charge in [0.15, 0.2) is 6.13 Å². The summed E-state index contributed by atoms with van der Waals surface area (Å²) in [4.78, 5) is -2.26. The molecule has 0 aliphatic carbocycles. The number of hydrogen-bond donors (Lipinski definition) is 0. The molecule has 0 N–H and O–H groups in total. The monoisotopic (exact) mass is 220 g/mol. The Labute approximate surface area is 70.0 Å². The molecule has 0 saturated heterocycles. The van der Waals surface area contributed by atoms with E-state index < -0.39 is 17.1 Å². The summed E-state index contributed by atoms with van der Waals surface area (Å²) in [6, 6.07) is 0. The van der Waals surface area contributed by atoms with E-state index >= 15 is 0 Å². The van der Waals surface area contributed by atoms with Crippen molar-refractivity contribution in [2.45, 2.75) is 11.0 Å². The Bertz CT molecular complexity index is 70.6. The summed E-state index contributed by atoms with van der Waals surface area (Å²) in [5.74, 6) is 0. The van der Waals surface area contributed by atoms with Crippen LogP contribution in [0.2, 0.25) is 0 Å². The van der Waals surface area contributed by atoms with Crippen molar-refractivity contribution in [1.29, 1.82) is 0 Å². The quantitative estimate of drug-likeness (QED) is 0.434. The maximum atomic E-state index is 10.9. The van der Waals surface area contributed by atoms with Crippen molar-refractivity contribution in [2.24, 2.45) is 0 Å². The van der Waals surface area contributed by atoms with E-state index in [2.05, 4.69) is 34.8 Å². The summed E-state index contributed by atoms with van der Waals surface area (Å²) in [6.07, 6.45) is -5.25. The third-order valence-electron chi connectivity index (χ3n) is 0.247. The Hall–Kier alpha value is 0.590. The molecule has 0 nitrogen and oxygen atoms in total. The molecule has 64 valence electrons. The van der Waals surface area contributed by atoms with Gasteiger partial charge >= 0.3 is 6.18 Å². The Morgan fingerprint density at radius 1 is 1.20 bits per heavy atom. The molecule has 10 heavy (non-hydrogen) atoms. The second-order valence-electron chi connectivity index (χ2n) is 0.943. The third kappa shape index (κ3) is 11.4. The standard InChI is InChI=1S/C2HCl2F3.CH2ClF/c3-1(4)2(5,6)7;2-1-3/h1H;1H2. The third-order valence-corrected chi connectivity index (χ3v) is 0.742. The molecule has 0 fully saturated rings. The van der Waals surface area contributed by atoms with Gasteiger partial charge in [-0.05, 0) is 0 Å². The molecule has 0 aliphatic rings. The van der Waals surface area contributed by atoms with E-state index in [4.69, 9.17) is 0 Å². The molecule has 0 unspecified atom stereocenters. The lowest BCUT2D eigenvalue weighted by Gasteiger charge is -2.03. The molecule has 0 aromatic carbocycles. The van der Waals surface area contributed by atoms with E-state index in [1.807, 2.05) is 0 Å². The van der Waals surface area contributed by atoms with Crippen LogP contribution in [0.5, 0.6) is 0 Å². The average molecular weight is 221 g/mol. The highest BCUT2D eigenvalue weighted by Crippen LogP contribution is 2.26. The van der Waals surface area contributed by atoms with Gasteiger partial charge in [0, 0.05) is 0 Å². The molecule has 0 atom stereocenters. The normalized spacial score (nSPS) is 10.8. The van der Waals surface area contributed by atoms with E-state index in [1.165, 1.54) is 0 Å². The van der Waals surface area contributed by atoms with Crippen LogP contribution in [0.4, 0.5) is 17.6 Å². The van der Waals surface area contributed by atoms with Gasteiger partial charge < -0.3 is 0 Å². The van der Waals surface area contributed by atoms with E-state index in [9.17, 15) is 17.6 Å². The first-order chi connectivity index (χ1) is 4.36. The van der Waals surface area contributed by atoms with Crippen LogP contribution >= 0.6 is 34.8 Å². The Morgan fingerprint density at radius 2 is 1.30 bits per heavy atom. The molecule has 0 bridgehead atoms. The Morgan fingerprint density at radius 3 is 1.30 bits per heavy atom. The summed E-state index contributed by atoms with van der Waals surface area (Å²) >= 11 is 13.1. The summed E-state index contributed by atoms with van der Waals surface area (Å²) < 4.78 is 42.8. The predicted molar refractivity (Wildman–Crippen MR) is 33.4 cm³/mol. The molecule has 7 heteroatoms. The minimum Gasteiger partial charge on any atom is -0.234 e. The van der Waals surface area contributed by atoms with Gasteiger partial charge in [0.2, 0.25) is 4.84 Å². The van der Waals surface area contributed by atoms with Crippen molar-refractivity contribution in [3.8, 4) is 0 Å². The summed E-state index contributed by atoms with van der Waals surface area (Å²) in [6.45, 7) is 0. The molecule has 0 aromatic heterocycles. The molecule has 0 aromatic rings. The van der Waals surface area contributed by atoms with E-state index in [1.54, 1.807) is 0 Å². The molecule has 0 radical (unpaired) electrons. The lowest BCUT2D eigenvalue weighted by Crippen LogP contribution is -2.16. The molecule has 0 spiro atoms. The molecular weight excluding hydrogens is 218 g/mol. The molecular formula is C3H3Cl3F4. The highest BCUT2D eigenvalue weighted by Gasteiger charge is 2.36. The fourth-order valence-corrected chi connectivity index (χ4v) is 0. The van der Waals surface area contributed by atoms with E-state index in [0.29, 0.717) is 0 Å². The summed E-state index contributed by atoms with van der Waals surface area (Å²) in [5.41, 5.74) is 0. The Balaban J connectivity index is 0. The van der Waals surface area contributed by atoms with Crippen LogP contribution in [0.15, 0.2) is 0 Å². The van der Waals surface area contributed by atoms with Crippen molar-refractivity contribution in [3.63, 3.8) is 0 Å². The van der Waals surface area contributed by atoms with Crippen LogP contribution in [-0.4, -0.2) is 17.1 Å². The van der Waals surface area contributed by atoms with Crippen molar-refractivity contribution in [2.75, 3.05) is 6.13 Å². The zero-order valence-corrected chi connectivity index (χ0v) is 6.70. The second-order valence-corrected chi connectivity index (χ2v) is 2.24. The van der Waals surface area contributed by atoms with Crippen LogP contribution in [0.1, 0.15) is 0 Å². The maximum Gasteiger partial charge on any atom is 0.418 e. The SMILES string of the molecule is FC(F)(F)C(Cl)Cl.FCCl. The van der Waals surface area contributed by atoms with Crippen molar-refractivity contribution in [1.82, 2.24) is 0 Å². The van der Waals surface area contributed by atoms with E-state index in [0.717, 1.165) is 0 Å². The summed E-state index contributed by atoms with van der Waals surface area (Å²) in [7, 11) is 0. The fourth-order valence-electron chi connectivity index (χ4n) is 0. The Kier molecular flexibility index (Phi) is 8.33. The lowest BCUT2D eigenvalue weighted by molar-refractivity contribution is -0.115. The number of alkyl halides is 7. The predicted octanol–water partition coefficient (Wildman–Crippen LogP) is 3.50. The first-order valence-electron chi connectivity index (χ1n) is 1.83. The molecule has 0 rings (SSSR count). The summed E-state index contributed by atoms with van der Waals surface area (Å²) in [5, 5.41) is 0. The van der Waals surface area contributed by atoms with Gasteiger partial charge in [-0.25, -0.2) is 4.39 Å². The van der Waals surface area contributed by atoms with Gasteiger partial charge in [0.1, 0.15) is 0 Å². The van der Waals surface area contributed by atoms with Gasteiger partial charge in [-0.15, -0.1) is 0 Å². The number of halogens is 7. The first-order valence-corrected chi connectivity index (χ1v) is 3.23. The second kappa shape index (κ2) is 6.31. The zero-order valence-electron chi connectivity index (χ0n) is 4.43. The number of hydrogen-bond acceptors (Lipinski definition) is 0. The largest absolute Gasteiger partial charge is 0.418 e. The van der Waals surface area contributed by atoms with Crippen LogP contribution in [0, 0.1) is 0 Å².